The smallest absolute Gasteiger partial charge is 0.373 e. The molecule has 0 aliphatic rings. The van der Waals surface area contributed by atoms with Crippen molar-refractivity contribution in [3.05, 3.63) is 39.7 Å². The lowest BCUT2D eigenvalue weighted by Crippen LogP contribution is -1.98. The summed E-state index contributed by atoms with van der Waals surface area (Å²) in [4.78, 5) is 15.1. The Bertz CT molecular complexity index is 607. The van der Waals surface area contributed by atoms with Gasteiger partial charge in [-0.05, 0) is 24.6 Å². The first-order chi connectivity index (χ1) is 8.52. The molecule has 2 aromatic rings. The molecule has 18 heavy (non-hydrogen) atoms. The van der Waals surface area contributed by atoms with E-state index in [1.165, 1.54) is 0 Å². The number of halogens is 2. The Balaban J connectivity index is 2.50. The molecule has 0 spiro atoms. The average Bonchev–Trinajstić information content (AvgIpc) is 2.77. The lowest BCUT2D eigenvalue weighted by atomic mass is 10.2. The minimum absolute atomic E-state index is 0.140. The molecule has 0 aliphatic heterocycles. The molecule has 94 valence electrons. The predicted octanol–water partition coefficient (Wildman–Crippen LogP) is 3.91. The van der Waals surface area contributed by atoms with E-state index in [1.807, 2.05) is 6.92 Å². The van der Waals surface area contributed by atoms with E-state index in [9.17, 15) is 4.79 Å². The Kier molecular flexibility index (Phi) is 3.59. The summed E-state index contributed by atoms with van der Waals surface area (Å²) in [5, 5.41) is 9.76. The molecule has 1 N–H and O–H groups in total. The summed E-state index contributed by atoms with van der Waals surface area (Å²) in [5.74, 6) is -1.05. The second kappa shape index (κ2) is 5.00. The van der Waals surface area contributed by atoms with Gasteiger partial charge in [-0.25, -0.2) is 9.78 Å². The van der Waals surface area contributed by atoms with Gasteiger partial charge in [0.15, 0.2) is 0 Å². The van der Waals surface area contributed by atoms with Crippen molar-refractivity contribution in [1.29, 1.82) is 0 Å². The van der Waals surface area contributed by atoms with E-state index in [0.717, 1.165) is 0 Å². The van der Waals surface area contributed by atoms with Gasteiger partial charge in [0, 0.05) is 5.56 Å². The van der Waals surface area contributed by atoms with Crippen LogP contribution in [0.15, 0.2) is 22.6 Å². The van der Waals surface area contributed by atoms with E-state index >= 15 is 0 Å². The Labute approximate surface area is 113 Å². The van der Waals surface area contributed by atoms with Crippen LogP contribution in [0.5, 0.6) is 0 Å². The van der Waals surface area contributed by atoms with Crippen LogP contribution in [0.4, 0.5) is 0 Å². The van der Waals surface area contributed by atoms with Crippen LogP contribution >= 0.6 is 23.2 Å². The minimum atomic E-state index is -1.13. The Morgan fingerprint density at radius 1 is 1.39 bits per heavy atom. The van der Waals surface area contributed by atoms with Crippen LogP contribution in [-0.2, 0) is 6.42 Å². The number of hydrogen-bond acceptors (Lipinski definition) is 3. The zero-order valence-corrected chi connectivity index (χ0v) is 10.9. The van der Waals surface area contributed by atoms with Crippen molar-refractivity contribution in [2.45, 2.75) is 13.3 Å². The van der Waals surface area contributed by atoms with Crippen LogP contribution in [-0.4, -0.2) is 16.1 Å². The van der Waals surface area contributed by atoms with Gasteiger partial charge in [0.1, 0.15) is 0 Å². The van der Waals surface area contributed by atoms with Gasteiger partial charge in [0.2, 0.25) is 11.7 Å². The number of carbonyl (C=O) groups is 1. The Hall–Kier alpha value is -1.52. The second-order valence-corrected chi connectivity index (χ2v) is 4.40. The first kappa shape index (κ1) is 12.9. The maximum absolute atomic E-state index is 11.0. The summed E-state index contributed by atoms with van der Waals surface area (Å²) in [7, 11) is 0. The normalized spacial score (nSPS) is 10.6. The predicted molar refractivity (Wildman–Crippen MR) is 68.3 cm³/mol. The summed E-state index contributed by atoms with van der Waals surface area (Å²) >= 11 is 11.7. The average molecular weight is 286 g/mol. The standard InChI is InChI=1S/C12H9Cl2NO3/c1-2-9-10(12(16)17)18-11(15-9)6-3-4-7(13)8(14)5-6/h3-5H,2H2,1H3,(H,16,17). The minimum Gasteiger partial charge on any atom is -0.475 e. The fourth-order valence-corrected chi connectivity index (χ4v) is 1.81. The van der Waals surface area contributed by atoms with Crippen LogP contribution in [0.2, 0.25) is 10.0 Å². The number of carboxylic acid groups (broad SMARTS) is 1. The number of hydrogen-bond donors (Lipinski definition) is 1. The molecule has 1 aromatic carbocycles. The van der Waals surface area contributed by atoms with E-state index in [0.29, 0.717) is 27.7 Å². The topological polar surface area (TPSA) is 63.3 Å². The number of rotatable bonds is 3. The van der Waals surface area contributed by atoms with Gasteiger partial charge < -0.3 is 9.52 Å². The van der Waals surface area contributed by atoms with Crippen molar-refractivity contribution in [3.8, 4) is 11.5 Å². The summed E-state index contributed by atoms with van der Waals surface area (Å²) in [6, 6.07) is 4.86. The maximum Gasteiger partial charge on any atom is 0.373 e. The van der Waals surface area contributed by atoms with Crippen molar-refractivity contribution in [2.75, 3.05) is 0 Å². The third-order valence-electron chi connectivity index (χ3n) is 2.39. The fraction of sp³-hybridized carbons (Fsp3) is 0.167. The number of aryl methyl sites for hydroxylation is 1. The van der Waals surface area contributed by atoms with Crippen molar-refractivity contribution < 1.29 is 14.3 Å². The quantitative estimate of drug-likeness (QED) is 0.929. The number of benzene rings is 1. The van der Waals surface area contributed by atoms with E-state index in [-0.39, 0.29) is 11.7 Å². The molecule has 0 unspecified atom stereocenters. The maximum atomic E-state index is 11.0. The summed E-state index contributed by atoms with van der Waals surface area (Å²) < 4.78 is 5.24. The van der Waals surface area contributed by atoms with Crippen LogP contribution in [0.1, 0.15) is 23.2 Å². The Morgan fingerprint density at radius 2 is 2.11 bits per heavy atom. The fourth-order valence-electron chi connectivity index (χ4n) is 1.51. The van der Waals surface area contributed by atoms with Crippen LogP contribution in [0.3, 0.4) is 0 Å². The molecule has 1 aromatic heterocycles. The lowest BCUT2D eigenvalue weighted by molar-refractivity contribution is 0.0662. The molecule has 0 radical (unpaired) electrons. The molecule has 0 amide bonds. The SMILES string of the molecule is CCc1nc(-c2ccc(Cl)c(Cl)c2)oc1C(=O)O. The highest BCUT2D eigenvalue weighted by Gasteiger charge is 2.19. The molecule has 0 fully saturated rings. The highest BCUT2D eigenvalue weighted by molar-refractivity contribution is 6.42. The third kappa shape index (κ3) is 2.35. The molecular weight excluding hydrogens is 277 g/mol. The number of oxazole rings is 1. The van der Waals surface area contributed by atoms with Gasteiger partial charge in [-0.1, -0.05) is 30.1 Å². The molecule has 1 heterocycles. The van der Waals surface area contributed by atoms with Crippen LogP contribution in [0, 0.1) is 0 Å². The lowest BCUT2D eigenvalue weighted by Gasteiger charge is -1.98. The monoisotopic (exact) mass is 285 g/mol. The molecule has 0 saturated heterocycles. The van der Waals surface area contributed by atoms with Crippen molar-refractivity contribution in [2.24, 2.45) is 0 Å². The largest absolute Gasteiger partial charge is 0.475 e. The molecular formula is C12H9Cl2NO3. The Morgan fingerprint density at radius 3 is 2.61 bits per heavy atom. The molecule has 0 bridgehead atoms. The summed E-state index contributed by atoms with van der Waals surface area (Å²) in [6.45, 7) is 1.81. The van der Waals surface area contributed by atoms with Gasteiger partial charge >= 0.3 is 5.97 Å². The van der Waals surface area contributed by atoms with Gasteiger partial charge in [-0.15, -0.1) is 0 Å². The molecule has 2 rings (SSSR count). The van der Waals surface area contributed by atoms with Gasteiger partial charge in [-0.2, -0.15) is 0 Å². The van der Waals surface area contributed by atoms with Gasteiger partial charge in [-0.3, -0.25) is 0 Å². The van der Waals surface area contributed by atoms with E-state index in [1.54, 1.807) is 18.2 Å². The van der Waals surface area contributed by atoms with Crippen molar-refractivity contribution in [3.63, 3.8) is 0 Å². The van der Waals surface area contributed by atoms with E-state index in [4.69, 9.17) is 32.7 Å². The molecule has 0 aliphatic carbocycles. The number of aromatic carboxylic acids is 1. The molecule has 6 heteroatoms. The molecule has 0 atom stereocenters. The highest BCUT2D eigenvalue weighted by atomic mass is 35.5. The zero-order chi connectivity index (χ0) is 13.3. The van der Waals surface area contributed by atoms with Crippen molar-refractivity contribution >= 4 is 29.2 Å². The highest BCUT2D eigenvalue weighted by Crippen LogP contribution is 2.29. The first-order valence-corrected chi connectivity index (χ1v) is 5.97. The van der Waals surface area contributed by atoms with Gasteiger partial charge in [0.05, 0.1) is 15.7 Å². The second-order valence-electron chi connectivity index (χ2n) is 3.58. The van der Waals surface area contributed by atoms with E-state index in [2.05, 4.69) is 4.98 Å². The number of aromatic nitrogens is 1. The first-order valence-electron chi connectivity index (χ1n) is 5.21. The summed E-state index contributed by atoms with van der Waals surface area (Å²) in [6.07, 6.45) is 0.479. The van der Waals surface area contributed by atoms with Gasteiger partial charge in [0.25, 0.3) is 0 Å². The van der Waals surface area contributed by atoms with Crippen LogP contribution < -0.4 is 0 Å². The molecule has 0 saturated carbocycles. The van der Waals surface area contributed by atoms with Crippen LogP contribution in [0.25, 0.3) is 11.5 Å². The number of nitrogens with zero attached hydrogens (tertiary/aromatic N) is 1. The molecule has 4 nitrogen and oxygen atoms in total. The zero-order valence-electron chi connectivity index (χ0n) is 9.41. The van der Waals surface area contributed by atoms with E-state index < -0.39 is 5.97 Å². The van der Waals surface area contributed by atoms with Crippen molar-refractivity contribution in [1.82, 2.24) is 4.98 Å². The summed E-state index contributed by atoms with van der Waals surface area (Å²) in [5.41, 5.74) is 0.996. The number of carboxylic acids is 1. The third-order valence-corrected chi connectivity index (χ3v) is 3.13.